The quantitative estimate of drug-likeness (QED) is 0.683. The Bertz CT molecular complexity index is 334. The summed E-state index contributed by atoms with van der Waals surface area (Å²) in [7, 11) is 0. The lowest BCUT2D eigenvalue weighted by atomic mass is 10.2. The minimum absolute atomic E-state index is 0.0144. The summed E-state index contributed by atoms with van der Waals surface area (Å²) in [5.74, 6) is -1.07. The highest BCUT2D eigenvalue weighted by molar-refractivity contribution is 5.93. The highest BCUT2D eigenvalue weighted by atomic mass is 16.4. The Hall–Kier alpha value is -1.84. The number of hydrogen-bond donors (Lipinski definition) is 2. The van der Waals surface area contributed by atoms with Crippen LogP contribution in [0.5, 0.6) is 0 Å². The van der Waals surface area contributed by atoms with Crippen molar-refractivity contribution in [3.8, 4) is 0 Å². The molecule has 0 atom stereocenters. The molecule has 0 saturated heterocycles. The van der Waals surface area contributed by atoms with Crippen molar-refractivity contribution in [2.24, 2.45) is 0 Å². The summed E-state index contributed by atoms with van der Waals surface area (Å²) in [6.45, 7) is 3.48. The summed E-state index contributed by atoms with van der Waals surface area (Å²) < 4.78 is 0. The van der Waals surface area contributed by atoms with Crippen LogP contribution in [0.1, 0.15) is 16.1 Å². The van der Waals surface area contributed by atoms with Crippen LogP contribution >= 0.6 is 0 Å². The van der Waals surface area contributed by atoms with Crippen LogP contribution in [-0.2, 0) is 0 Å². The van der Waals surface area contributed by atoms with E-state index in [1.807, 2.05) is 0 Å². The predicted molar refractivity (Wildman–Crippen MR) is 45.7 cm³/mol. The molecule has 0 spiro atoms. The highest BCUT2D eigenvalue weighted by Gasteiger charge is 2.07. The zero-order valence-corrected chi connectivity index (χ0v) is 6.32. The second-order valence-electron chi connectivity index (χ2n) is 2.21. The van der Waals surface area contributed by atoms with Crippen LogP contribution in [-0.4, -0.2) is 16.1 Å². The minimum Gasteiger partial charge on any atom is -0.478 e. The van der Waals surface area contributed by atoms with Gasteiger partial charge in [0, 0.05) is 11.9 Å². The van der Waals surface area contributed by atoms with Gasteiger partial charge in [-0.3, -0.25) is 4.98 Å². The van der Waals surface area contributed by atoms with E-state index in [1.54, 1.807) is 0 Å². The van der Waals surface area contributed by atoms with Crippen LogP contribution in [0, 0.1) is 0 Å². The van der Waals surface area contributed by atoms with Crippen molar-refractivity contribution in [1.29, 1.82) is 0 Å². The normalized spacial score (nSPS) is 9.33. The molecular formula is C8H8N2O2. The summed E-state index contributed by atoms with van der Waals surface area (Å²) >= 11 is 0. The van der Waals surface area contributed by atoms with Gasteiger partial charge in [-0.05, 0) is 12.1 Å². The minimum atomic E-state index is -1.07. The Morgan fingerprint density at radius 3 is 2.83 bits per heavy atom. The number of nitrogen functional groups attached to an aromatic ring is 1. The number of anilines is 1. The molecule has 1 aromatic rings. The smallest absolute Gasteiger partial charge is 0.339 e. The predicted octanol–water partition coefficient (Wildman–Crippen LogP) is 1.01. The van der Waals surface area contributed by atoms with Crippen molar-refractivity contribution >= 4 is 17.7 Å². The van der Waals surface area contributed by atoms with Crippen LogP contribution in [0.25, 0.3) is 6.08 Å². The summed E-state index contributed by atoms with van der Waals surface area (Å²) in [4.78, 5) is 14.3. The monoisotopic (exact) mass is 164 g/mol. The van der Waals surface area contributed by atoms with Gasteiger partial charge in [0.1, 0.15) is 5.56 Å². The van der Waals surface area contributed by atoms with Crippen molar-refractivity contribution in [2.75, 3.05) is 5.73 Å². The van der Waals surface area contributed by atoms with E-state index in [2.05, 4.69) is 11.6 Å². The maximum atomic E-state index is 10.5. The van der Waals surface area contributed by atoms with E-state index in [4.69, 9.17) is 10.8 Å². The molecule has 0 amide bonds. The summed E-state index contributed by atoms with van der Waals surface area (Å²) in [5.41, 5.74) is 6.21. The zero-order valence-electron chi connectivity index (χ0n) is 6.32. The first-order chi connectivity index (χ1) is 5.65. The Balaban J connectivity index is 3.20. The van der Waals surface area contributed by atoms with Crippen molar-refractivity contribution in [2.45, 2.75) is 0 Å². The Kier molecular flexibility index (Phi) is 2.09. The number of nitrogens with two attached hydrogens (primary N) is 1. The van der Waals surface area contributed by atoms with Gasteiger partial charge in [0.05, 0.1) is 5.69 Å². The van der Waals surface area contributed by atoms with Gasteiger partial charge in [-0.1, -0.05) is 6.58 Å². The molecular weight excluding hydrogens is 156 g/mol. The molecule has 0 unspecified atom stereocenters. The van der Waals surface area contributed by atoms with Gasteiger partial charge >= 0.3 is 5.97 Å². The third-order valence-corrected chi connectivity index (χ3v) is 1.40. The fourth-order valence-corrected chi connectivity index (χ4v) is 0.778. The van der Waals surface area contributed by atoms with Crippen molar-refractivity contribution in [1.82, 2.24) is 4.98 Å². The number of carboxylic acid groups (broad SMARTS) is 1. The van der Waals surface area contributed by atoms with Crippen LogP contribution in [0.15, 0.2) is 18.8 Å². The zero-order chi connectivity index (χ0) is 9.14. The SMILES string of the molecule is C=Cc1cc(N)c(C(=O)O)cn1. The van der Waals surface area contributed by atoms with Gasteiger partial charge in [0.2, 0.25) is 0 Å². The molecule has 0 aliphatic carbocycles. The van der Waals surface area contributed by atoms with E-state index in [9.17, 15) is 4.79 Å². The van der Waals surface area contributed by atoms with E-state index >= 15 is 0 Å². The first kappa shape index (κ1) is 8.26. The van der Waals surface area contributed by atoms with E-state index in [0.717, 1.165) is 0 Å². The molecule has 62 valence electrons. The average Bonchev–Trinajstić information content (AvgIpc) is 2.03. The molecule has 0 bridgehead atoms. The molecule has 1 rings (SSSR count). The van der Waals surface area contributed by atoms with E-state index in [1.165, 1.54) is 18.3 Å². The third-order valence-electron chi connectivity index (χ3n) is 1.40. The number of rotatable bonds is 2. The summed E-state index contributed by atoms with van der Waals surface area (Å²) in [6.07, 6.45) is 2.72. The van der Waals surface area contributed by atoms with Crippen molar-refractivity contribution in [3.05, 3.63) is 30.1 Å². The van der Waals surface area contributed by atoms with Crippen molar-refractivity contribution in [3.63, 3.8) is 0 Å². The van der Waals surface area contributed by atoms with Gasteiger partial charge in [0.15, 0.2) is 0 Å². The van der Waals surface area contributed by atoms with Gasteiger partial charge < -0.3 is 10.8 Å². The van der Waals surface area contributed by atoms with Gasteiger partial charge in [-0.25, -0.2) is 4.79 Å². The number of aromatic carboxylic acids is 1. The summed E-state index contributed by atoms with van der Waals surface area (Å²) in [5, 5.41) is 8.58. The molecule has 0 aliphatic heterocycles. The lowest BCUT2D eigenvalue weighted by Crippen LogP contribution is -2.03. The van der Waals surface area contributed by atoms with Crippen LogP contribution in [0.2, 0.25) is 0 Å². The van der Waals surface area contributed by atoms with Crippen LogP contribution in [0.3, 0.4) is 0 Å². The average molecular weight is 164 g/mol. The molecule has 4 heteroatoms. The molecule has 0 saturated carbocycles. The third kappa shape index (κ3) is 1.42. The lowest BCUT2D eigenvalue weighted by Gasteiger charge is -1.99. The summed E-state index contributed by atoms with van der Waals surface area (Å²) in [6, 6.07) is 1.47. The standard InChI is InChI=1S/C8H8N2O2/c1-2-5-3-7(9)6(4-10-5)8(11)12/h2-4H,1H2,(H2,9,10)(H,11,12). The van der Waals surface area contributed by atoms with Gasteiger partial charge in [-0.15, -0.1) is 0 Å². The second-order valence-corrected chi connectivity index (χ2v) is 2.21. The largest absolute Gasteiger partial charge is 0.478 e. The number of carbonyl (C=O) groups is 1. The van der Waals surface area contributed by atoms with Crippen LogP contribution < -0.4 is 5.73 Å². The Labute approximate surface area is 69.4 Å². The number of carboxylic acids is 1. The molecule has 3 N–H and O–H groups in total. The first-order valence-electron chi connectivity index (χ1n) is 3.26. The number of aromatic nitrogens is 1. The second kappa shape index (κ2) is 3.04. The molecule has 0 aromatic carbocycles. The maximum absolute atomic E-state index is 10.5. The molecule has 0 radical (unpaired) electrons. The molecule has 0 fully saturated rings. The van der Waals surface area contributed by atoms with E-state index in [0.29, 0.717) is 5.69 Å². The van der Waals surface area contributed by atoms with E-state index < -0.39 is 5.97 Å². The Morgan fingerprint density at radius 2 is 2.42 bits per heavy atom. The fourth-order valence-electron chi connectivity index (χ4n) is 0.778. The molecule has 4 nitrogen and oxygen atoms in total. The van der Waals surface area contributed by atoms with E-state index in [-0.39, 0.29) is 11.3 Å². The number of nitrogens with zero attached hydrogens (tertiary/aromatic N) is 1. The fraction of sp³-hybridized carbons (Fsp3) is 0. The number of pyridine rings is 1. The first-order valence-corrected chi connectivity index (χ1v) is 3.26. The van der Waals surface area contributed by atoms with Crippen molar-refractivity contribution < 1.29 is 9.90 Å². The Morgan fingerprint density at radius 1 is 1.75 bits per heavy atom. The molecule has 0 aliphatic rings. The maximum Gasteiger partial charge on any atom is 0.339 e. The molecule has 12 heavy (non-hydrogen) atoms. The van der Waals surface area contributed by atoms with Gasteiger partial charge in [-0.2, -0.15) is 0 Å². The lowest BCUT2D eigenvalue weighted by molar-refractivity contribution is 0.0697. The molecule has 1 heterocycles. The van der Waals surface area contributed by atoms with Gasteiger partial charge in [0.25, 0.3) is 0 Å². The molecule has 1 aromatic heterocycles. The highest BCUT2D eigenvalue weighted by Crippen LogP contribution is 2.11. The number of hydrogen-bond acceptors (Lipinski definition) is 3. The topological polar surface area (TPSA) is 76.2 Å². The van der Waals surface area contributed by atoms with Crippen LogP contribution in [0.4, 0.5) is 5.69 Å².